The monoisotopic (exact) mass is 548 g/mol. The van der Waals surface area contributed by atoms with Crippen molar-refractivity contribution in [3.8, 4) is 28.4 Å². The quantitative estimate of drug-likeness (QED) is 0.308. The minimum Gasteiger partial charge on any atom is -0.481 e. The van der Waals surface area contributed by atoms with Gasteiger partial charge in [-0.15, -0.1) is 0 Å². The first kappa shape index (κ1) is 26.2. The summed E-state index contributed by atoms with van der Waals surface area (Å²) in [5.74, 6) is 0.681. The van der Waals surface area contributed by atoms with Crippen LogP contribution in [0.15, 0.2) is 36.8 Å². The van der Waals surface area contributed by atoms with Crippen molar-refractivity contribution in [3.05, 3.63) is 36.8 Å². The molecule has 39 heavy (non-hydrogen) atoms. The Balaban J connectivity index is 1.49. The maximum Gasteiger partial charge on any atom is 0.321 e. The van der Waals surface area contributed by atoms with Gasteiger partial charge in [-0.3, -0.25) is 10.1 Å². The molecule has 4 heterocycles. The van der Waals surface area contributed by atoms with Crippen LogP contribution in [-0.4, -0.2) is 68.8 Å². The van der Waals surface area contributed by atoms with Gasteiger partial charge in [0.15, 0.2) is 11.0 Å². The molecule has 13 heteroatoms. The number of hydrogen-bond acceptors (Lipinski definition) is 10. The molecular weight excluding hydrogens is 520 g/mol. The van der Waals surface area contributed by atoms with E-state index in [9.17, 15) is 14.7 Å². The minimum atomic E-state index is -0.768. The van der Waals surface area contributed by atoms with Crippen LogP contribution in [0.25, 0.3) is 32.7 Å². The van der Waals surface area contributed by atoms with Gasteiger partial charge < -0.3 is 20.1 Å². The molecule has 2 amide bonds. The lowest BCUT2D eigenvalue weighted by Gasteiger charge is -2.36. The third kappa shape index (κ3) is 5.43. The molecule has 4 aromatic rings. The van der Waals surface area contributed by atoms with Crippen LogP contribution < -0.4 is 20.3 Å². The predicted octanol–water partition coefficient (Wildman–Crippen LogP) is 4.05. The number of ether oxygens (including phenoxy) is 1. The van der Waals surface area contributed by atoms with Gasteiger partial charge in [-0.25, -0.2) is 24.7 Å². The number of piperidine rings is 1. The van der Waals surface area contributed by atoms with Crippen LogP contribution in [0.3, 0.4) is 0 Å². The summed E-state index contributed by atoms with van der Waals surface area (Å²) < 4.78 is 6.11. The first-order valence-electron chi connectivity index (χ1n) is 12.5. The van der Waals surface area contributed by atoms with E-state index in [0.29, 0.717) is 60.8 Å². The summed E-state index contributed by atoms with van der Waals surface area (Å²) in [5, 5.41) is 15.4. The zero-order chi connectivity index (χ0) is 27.6. The molecule has 1 aliphatic heterocycles. The number of carboxylic acid groups (broad SMARTS) is 1. The summed E-state index contributed by atoms with van der Waals surface area (Å²) in [7, 11) is 1.54. The van der Waals surface area contributed by atoms with Crippen molar-refractivity contribution in [1.82, 2.24) is 30.2 Å². The maximum atomic E-state index is 12.1. The minimum absolute atomic E-state index is 0.332. The van der Waals surface area contributed by atoms with Gasteiger partial charge in [0, 0.05) is 55.4 Å². The number of aromatic nitrogens is 5. The molecule has 3 N–H and O–H groups in total. The Morgan fingerprint density at radius 1 is 1.13 bits per heavy atom. The zero-order valence-electron chi connectivity index (χ0n) is 21.8. The fourth-order valence-corrected chi connectivity index (χ4v) is 5.30. The molecule has 1 aliphatic rings. The summed E-state index contributed by atoms with van der Waals surface area (Å²) in [6, 6.07) is 5.20. The van der Waals surface area contributed by atoms with Gasteiger partial charge >= 0.3 is 12.0 Å². The average Bonchev–Trinajstić information content (AvgIpc) is 3.35. The molecule has 0 spiro atoms. The lowest BCUT2D eigenvalue weighted by atomic mass is 9.80. The first-order valence-corrected chi connectivity index (χ1v) is 13.3. The number of nitrogens with one attached hydrogen (secondary N) is 2. The highest BCUT2D eigenvalue weighted by Gasteiger charge is 2.37. The van der Waals surface area contributed by atoms with Gasteiger partial charge in [-0.1, -0.05) is 11.3 Å². The first-order chi connectivity index (χ1) is 18.8. The molecule has 202 valence electrons. The van der Waals surface area contributed by atoms with Gasteiger partial charge in [0.05, 0.1) is 22.7 Å². The second-order valence-corrected chi connectivity index (χ2v) is 10.4. The number of amides is 2. The van der Waals surface area contributed by atoms with Crippen LogP contribution in [0.4, 0.5) is 15.9 Å². The Morgan fingerprint density at radius 2 is 1.87 bits per heavy atom. The van der Waals surface area contributed by atoms with Gasteiger partial charge in [0.25, 0.3) is 0 Å². The number of thiazole rings is 1. The summed E-state index contributed by atoms with van der Waals surface area (Å²) in [6.07, 6.45) is 6.17. The second-order valence-electron chi connectivity index (χ2n) is 9.42. The van der Waals surface area contributed by atoms with E-state index >= 15 is 0 Å². The molecule has 0 atom stereocenters. The SMILES string of the molecule is CCNC(=O)Nc1nc2cc(-c3cnc(N4CCC(C)(C(=O)O)CC4)nc3)cc(-c3nccc(OC)n3)c2s1. The average molecular weight is 549 g/mol. The van der Waals surface area contributed by atoms with E-state index in [1.807, 2.05) is 24.0 Å². The van der Waals surface area contributed by atoms with Crippen LogP contribution in [0, 0.1) is 5.41 Å². The number of methoxy groups -OCH3 is 1. The Bertz CT molecular complexity index is 1520. The van der Waals surface area contributed by atoms with E-state index in [2.05, 4.69) is 35.6 Å². The van der Waals surface area contributed by atoms with Gasteiger partial charge in [-0.05, 0) is 44.4 Å². The number of hydrogen-bond donors (Lipinski definition) is 3. The molecule has 1 aromatic carbocycles. The molecule has 5 rings (SSSR count). The molecule has 0 saturated carbocycles. The number of anilines is 2. The van der Waals surface area contributed by atoms with Crippen LogP contribution >= 0.6 is 11.3 Å². The fraction of sp³-hybridized carbons (Fsp3) is 0.346. The second kappa shape index (κ2) is 10.8. The standard InChI is InChI=1S/C26H28N8O4S/c1-4-27-24(37)33-25-31-18-12-15(11-17(20(18)39-25)21-28-8-5-19(32-21)38-3)16-13-29-23(30-14-16)34-9-6-26(2,7-10-34)22(35)36/h5,8,11-14H,4,6-7,9-10H2,1-3H3,(H,35,36)(H2,27,31,33,37). The van der Waals surface area contributed by atoms with E-state index in [0.717, 1.165) is 21.4 Å². The number of rotatable bonds is 7. The maximum absolute atomic E-state index is 12.1. The Kier molecular flexibility index (Phi) is 7.24. The summed E-state index contributed by atoms with van der Waals surface area (Å²) in [5.41, 5.74) is 2.25. The van der Waals surface area contributed by atoms with Crippen LogP contribution in [0.2, 0.25) is 0 Å². The van der Waals surface area contributed by atoms with Crippen molar-refractivity contribution in [2.75, 3.05) is 37.0 Å². The third-order valence-electron chi connectivity index (χ3n) is 6.77. The fourth-order valence-electron chi connectivity index (χ4n) is 4.35. The largest absolute Gasteiger partial charge is 0.481 e. The van der Waals surface area contributed by atoms with Crippen molar-refractivity contribution in [1.29, 1.82) is 0 Å². The van der Waals surface area contributed by atoms with E-state index in [1.54, 1.807) is 38.7 Å². The number of fused-ring (bicyclic) bond motifs is 1. The Hall–Kier alpha value is -4.39. The molecule has 3 aromatic heterocycles. The van der Waals surface area contributed by atoms with Gasteiger partial charge in [-0.2, -0.15) is 4.98 Å². The summed E-state index contributed by atoms with van der Waals surface area (Å²) in [4.78, 5) is 48.4. The Morgan fingerprint density at radius 3 is 2.54 bits per heavy atom. The van der Waals surface area contributed by atoms with Crippen molar-refractivity contribution in [3.63, 3.8) is 0 Å². The van der Waals surface area contributed by atoms with Crippen molar-refractivity contribution in [2.45, 2.75) is 26.7 Å². The topological polar surface area (TPSA) is 155 Å². The van der Waals surface area contributed by atoms with E-state index < -0.39 is 11.4 Å². The highest BCUT2D eigenvalue weighted by molar-refractivity contribution is 7.22. The van der Waals surface area contributed by atoms with Gasteiger partial charge in [0.2, 0.25) is 11.8 Å². The lowest BCUT2D eigenvalue weighted by Crippen LogP contribution is -2.43. The molecule has 1 fully saturated rings. The number of urea groups is 1. The number of carbonyl (C=O) groups excluding carboxylic acids is 1. The lowest BCUT2D eigenvalue weighted by molar-refractivity contribution is -0.149. The molecule has 0 aliphatic carbocycles. The molecule has 0 bridgehead atoms. The van der Waals surface area contributed by atoms with Crippen LogP contribution in [-0.2, 0) is 4.79 Å². The zero-order valence-corrected chi connectivity index (χ0v) is 22.6. The predicted molar refractivity (Wildman–Crippen MR) is 148 cm³/mol. The number of nitrogens with zero attached hydrogens (tertiary/aromatic N) is 6. The molecule has 0 radical (unpaired) electrons. The summed E-state index contributed by atoms with van der Waals surface area (Å²) >= 11 is 1.33. The van der Waals surface area contributed by atoms with E-state index in [4.69, 9.17) is 4.74 Å². The summed E-state index contributed by atoms with van der Waals surface area (Å²) in [6.45, 7) is 5.27. The van der Waals surface area contributed by atoms with Gasteiger partial charge in [0.1, 0.15) is 0 Å². The van der Waals surface area contributed by atoms with Crippen LogP contribution in [0.5, 0.6) is 5.88 Å². The van der Waals surface area contributed by atoms with Crippen molar-refractivity contribution < 1.29 is 19.4 Å². The number of carboxylic acids is 1. The molecule has 0 unspecified atom stereocenters. The Labute approximate surface area is 228 Å². The smallest absolute Gasteiger partial charge is 0.321 e. The number of carbonyl (C=O) groups is 2. The molecular formula is C26H28N8O4S. The van der Waals surface area contributed by atoms with E-state index in [-0.39, 0.29) is 6.03 Å². The molecule has 12 nitrogen and oxygen atoms in total. The normalized spacial score (nSPS) is 14.7. The third-order valence-corrected chi connectivity index (χ3v) is 7.79. The molecule has 1 saturated heterocycles. The highest BCUT2D eigenvalue weighted by atomic mass is 32.1. The number of benzene rings is 1. The highest BCUT2D eigenvalue weighted by Crippen LogP contribution is 2.38. The number of aliphatic carboxylic acids is 1. The van der Waals surface area contributed by atoms with Crippen molar-refractivity contribution >= 4 is 44.6 Å². The van der Waals surface area contributed by atoms with Crippen molar-refractivity contribution in [2.24, 2.45) is 5.41 Å². The van der Waals surface area contributed by atoms with E-state index in [1.165, 1.54) is 11.3 Å². The van der Waals surface area contributed by atoms with Crippen LogP contribution in [0.1, 0.15) is 26.7 Å².